The third-order valence-corrected chi connectivity index (χ3v) is 2.84. The molecule has 1 fully saturated rings. The molecule has 3 nitrogen and oxygen atoms in total. The molecule has 1 N–H and O–H groups in total. The zero-order chi connectivity index (χ0) is 11.4. The lowest BCUT2D eigenvalue weighted by molar-refractivity contribution is 0.120. The number of rotatable bonds is 3. The number of aryl methyl sites for hydroxylation is 1. The van der Waals surface area contributed by atoms with E-state index in [1.807, 2.05) is 25.1 Å². The Morgan fingerprint density at radius 1 is 1.56 bits per heavy atom. The van der Waals surface area contributed by atoms with Crippen molar-refractivity contribution in [3.05, 3.63) is 29.3 Å². The van der Waals surface area contributed by atoms with Crippen LogP contribution < -0.4 is 5.32 Å². The van der Waals surface area contributed by atoms with Crippen LogP contribution in [0.3, 0.4) is 0 Å². The summed E-state index contributed by atoms with van der Waals surface area (Å²) in [5, 5.41) is 12.3. The zero-order valence-corrected chi connectivity index (χ0v) is 9.49. The van der Waals surface area contributed by atoms with Crippen molar-refractivity contribution >= 4 is 5.69 Å². The van der Waals surface area contributed by atoms with Gasteiger partial charge in [-0.1, -0.05) is 6.07 Å². The molecule has 1 aromatic rings. The predicted octanol–water partition coefficient (Wildman–Crippen LogP) is 2.46. The van der Waals surface area contributed by atoms with E-state index < -0.39 is 0 Å². The van der Waals surface area contributed by atoms with Crippen molar-refractivity contribution in [2.75, 3.05) is 18.5 Å². The summed E-state index contributed by atoms with van der Waals surface area (Å²) in [4.78, 5) is 0. The second-order valence-corrected chi connectivity index (χ2v) is 4.18. The summed E-state index contributed by atoms with van der Waals surface area (Å²) in [5.74, 6) is 0. The molecule has 0 spiro atoms. The lowest BCUT2D eigenvalue weighted by atomic mass is 10.1. The van der Waals surface area contributed by atoms with Gasteiger partial charge in [-0.25, -0.2) is 0 Å². The van der Waals surface area contributed by atoms with E-state index in [0.29, 0.717) is 11.7 Å². The highest BCUT2D eigenvalue weighted by Crippen LogP contribution is 2.18. The normalized spacial score (nSPS) is 19.4. The summed E-state index contributed by atoms with van der Waals surface area (Å²) < 4.78 is 5.53. The van der Waals surface area contributed by atoms with Crippen molar-refractivity contribution in [3.8, 4) is 6.07 Å². The van der Waals surface area contributed by atoms with E-state index in [0.717, 1.165) is 37.2 Å². The quantitative estimate of drug-likeness (QED) is 0.844. The maximum Gasteiger partial charge on any atom is 0.101 e. The van der Waals surface area contributed by atoms with Gasteiger partial charge >= 0.3 is 0 Å². The Morgan fingerprint density at radius 2 is 2.44 bits per heavy atom. The van der Waals surface area contributed by atoms with Gasteiger partial charge in [0.25, 0.3) is 0 Å². The minimum Gasteiger partial charge on any atom is -0.381 e. The molecule has 0 aliphatic carbocycles. The second-order valence-electron chi connectivity index (χ2n) is 4.18. The van der Waals surface area contributed by atoms with Crippen LogP contribution in [-0.2, 0) is 4.74 Å². The molecule has 0 amide bonds. The fourth-order valence-corrected chi connectivity index (χ4v) is 1.93. The van der Waals surface area contributed by atoms with Gasteiger partial charge in [-0.3, -0.25) is 0 Å². The van der Waals surface area contributed by atoms with Crippen LogP contribution in [0.5, 0.6) is 0 Å². The first kappa shape index (κ1) is 11.0. The fraction of sp³-hybridized carbons (Fsp3) is 0.462. The van der Waals surface area contributed by atoms with Gasteiger partial charge in [0, 0.05) is 13.2 Å². The molecule has 16 heavy (non-hydrogen) atoms. The summed E-state index contributed by atoms with van der Waals surface area (Å²) in [7, 11) is 0. The Labute approximate surface area is 96.0 Å². The van der Waals surface area contributed by atoms with Gasteiger partial charge in [0.2, 0.25) is 0 Å². The van der Waals surface area contributed by atoms with Crippen LogP contribution in [0.2, 0.25) is 0 Å². The number of nitrogens with one attached hydrogen (secondary N) is 1. The summed E-state index contributed by atoms with van der Waals surface area (Å²) in [6.45, 7) is 3.68. The van der Waals surface area contributed by atoms with Gasteiger partial charge in [-0.2, -0.15) is 5.26 Å². The topological polar surface area (TPSA) is 45.0 Å². The Kier molecular flexibility index (Phi) is 3.43. The lowest BCUT2D eigenvalue weighted by Crippen LogP contribution is -2.18. The number of nitriles is 1. The highest BCUT2D eigenvalue weighted by Gasteiger charge is 2.15. The second kappa shape index (κ2) is 5.00. The van der Waals surface area contributed by atoms with Crippen molar-refractivity contribution in [2.24, 2.45) is 0 Å². The summed E-state index contributed by atoms with van der Waals surface area (Å²) >= 11 is 0. The molecular weight excluding hydrogens is 200 g/mol. The molecule has 84 valence electrons. The van der Waals surface area contributed by atoms with Crippen molar-refractivity contribution < 1.29 is 4.74 Å². The van der Waals surface area contributed by atoms with Gasteiger partial charge in [0.05, 0.1) is 17.4 Å². The van der Waals surface area contributed by atoms with Gasteiger partial charge in [-0.05, 0) is 37.5 Å². The minimum absolute atomic E-state index is 0.298. The van der Waals surface area contributed by atoms with E-state index >= 15 is 0 Å². The number of ether oxygens (including phenoxy) is 1. The van der Waals surface area contributed by atoms with Crippen LogP contribution >= 0.6 is 0 Å². The molecular formula is C13H16N2O. The highest BCUT2D eigenvalue weighted by molar-refractivity contribution is 5.58. The summed E-state index contributed by atoms with van der Waals surface area (Å²) in [5.41, 5.74) is 2.77. The first-order valence-corrected chi connectivity index (χ1v) is 5.66. The fourth-order valence-electron chi connectivity index (χ4n) is 1.93. The van der Waals surface area contributed by atoms with E-state index in [2.05, 4.69) is 11.4 Å². The molecule has 1 aromatic carbocycles. The standard InChI is InChI=1S/C13H16N2O/c1-10-4-5-11(8-14)13(7-10)15-9-12-3-2-6-16-12/h4-5,7,12,15H,2-3,6,9H2,1H3. The third-order valence-electron chi connectivity index (χ3n) is 2.84. The Hall–Kier alpha value is -1.53. The smallest absolute Gasteiger partial charge is 0.101 e. The molecule has 1 saturated heterocycles. The molecule has 0 radical (unpaired) electrons. The average Bonchev–Trinajstić information content (AvgIpc) is 2.79. The van der Waals surface area contributed by atoms with Crippen molar-refractivity contribution in [1.29, 1.82) is 5.26 Å². The molecule has 0 saturated carbocycles. The maximum absolute atomic E-state index is 8.98. The molecule has 0 aromatic heterocycles. The number of nitrogens with zero attached hydrogens (tertiary/aromatic N) is 1. The predicted molar refractivity (Wildman–Crippen MR) is 63.4 cm³/mol. The number of benzene rings is 1. The monoisotopic (exact) mass is 216 g/mol. The molecule has 0 bridgehead atoms. The van der Waals surface area contributed by atoms with Crippen LogP contribution in [0.25, 0.3) is 0 Å². The number of anilines is 1. The Balaban J connectivity index is 2.02. The van der Waals surface area contributed by atoms with E-state index in [9.17, 15) is 0 Å². The first-order valence-electron chi connectivity index (χ1n) is 5.66. The van der Waals surface area contributed by atoms with Crippen LogP contribution in [-0.4, -0.2) is 19.3 Å². The van der Waals surface area contributed by atoms with Crippen LogP contribution in [0.15, 0.2) is 18.2 Å². The summed E-state index contributed by atoms with van der Waals surface area (Å²) in [6, 6.07) is 8.01. The molecule has 1 aliphatic rings. The SMILES string of the molecule is Cc1ccc(C#N)c(NCC2CCCO2)c1. The third kappa shape index (κ3) is 2.53. The van der Waals surface area contributed by atoms with Crippen molar-refractivity contribution in [1.82, 2.24) is 0 Å². The molecule has 1 aliphatic heterocycles. The molecule has 1 atom stereocenters. The van der Waals surface area contributed by atoms with Crippen molar-refractivity contribution in [2.45, 2.75) is 25.9 Å². The van der Waals surface area contributed by atoms with E-state index in [1.165, 1.54) is 0 Å². The van der Waals surface area contributed by atoms with E-state index in [1.54, 1.807) is 0 Å². The highest BCUT2D eigenvalue weighted by atomic mass is 16.5. The number of hydrogen-bond acceptors (Lipinski definition) is 3. The average molecular weight is 216 g/mol. The van der Waals surface area contributed by atoms with Crippen LogP contribution in [0, 0.1) is 18.3 Å². The van der Waals surface area contributed by atoms with Gasteiger partial charge in [-0.15, -0.1) is 0 Å². The van der Waals surface area contributed by atoms with Crippen molar-refractivity contribution in [3.63, 3.8) is 0 Å². The van der Waals surface area contributed by atoms with E-state index in [-0.39, 0.29) is 0 Å². The molecule has 1 heterocycles. The van der Waals surface area contributed by atoms with Gasteiger partial charge in [0.15, 0.2) is 0 Å². The van der Waals surface area contributed by atoms with E-state index in [4.69, 9.17) is 10.00 Å². The largest absolute Gasteiger partial charge is 0.381 e. The van der Waals surface area contributed by atoms with Crippen LogP contribution in [0.1, 0.15) is 24.0 Å². The zero-order valence-electron chi connectivity index (χ0n) is 9.49. The Bertz CT molecular complexity index is 403. The minimum atomic E-state index is 0.298. The lowest BCUT2D eigenvalue weighted by Gasteiger charge is -2.13. The Morgan fingerprint density at radius 3 is 3.12 bits per heavy atom. The maximum atomic E-state index is 8.98. The number of hydrogen-bond donors (Lipinski definition) is 1. The molecule has 1 unspecified atom stereocenters. The van der Waals surface area contributed by atoms with Gasteiger partial charge in [0.1, 0.15) is 6.07 Å². The molecule has 2 rings (SSSR count). The molecule has 3 heteroatoms. The van der Waals surface area contributed by atoms with Gasteiger partial charge < -0.3 is 10.1 Å². The summed E-state index contributed by atoms with van der Waals surface area (Å²) in [6.07, 6.45) is 2.55. The first-order chi connectivity index (χ1) is 7.79. The van der Waals surface area contributed by atoms with Crippen LogP contribution in [0.4, 0.5) is 5.69 Å².